The Morgan fingerprint density at radius 2 is 2.24 bits per heavy atom. The van der Waals surface area contributed by atoms with E-state index >= 15 is 0 Å². The van der Waals surface area contributed by atoms with Gasteiger partial charge in [0.25, 0.3) is 5.91 Å². The summed E-state index contributed by atoms with van der Waals surface area (Å²) in [5, 5.41) is 0. The van der Waals surface area contributed by atoms with Crippen molar-refractivity contribution in [3.63, 3.8) is 0 Å². The summed E-state index contributed by atoms with van der Waals surface area (Å²) >= 11 is 0. The Morgan fingerprint density at radius 1 is 1.36 bits per heavy atom. The molecule has 1 aromatic carbocycles. The van der Waals surface area contributed by atoms with E-state index in [-0.39, 0.29) is 24.3 Å². The van der Waals surface area contributed by atoms with E-state index in [4.69, 9.17) is 9.47 Å². The van der Waals surface area contributed by atoms with Crippen molar-refractivity contribution in [2.45, 2.75) is 18.9 Å². The highest BCUT2D eigenvalue weighted by molar-refractivity contribution is 5.78. The van der Waals surface area contributed by atoms with Gasteiger partial charge < -0.3 is 14.4 Å². The van der Waals surface area contributed by atoms with Gasteiger partial charge in [-0.25, -0.2) is 4.39 Å². The van der Waals surface area contributed by atoms with Crippen LogP contribution >= 0.6 is 0 Å². The number of hydrogen-bond donors (Lipinski definition) is 0. The molecule has 7 heteroatoms. The molecule has 1 amide bonds. The molecule has 0 bridgehead atoms. The van der Waals surface area contributed by atoms with E-state index < -0.39 is 5.82 Å². The first-order valence-corrected chi connectivity index (χ1v) is 8.23. The van der Waals surface area contributed by atoms with Crippen molar-refractivity contribution in [3.8, 4) is 5.75 Å². The zero-order chi connectivity index (χ0) is 17.5. The quantitative estimate of drug-likeness (QED) is 0.799. The summed E-state index contributed by atoms with van der Waals surface area (Å²) < 4.78 is 24.4. The second kappa shape index (κ2) is 8.53. The molecule has 2 aromatic rings. The fraction of sp³-hybridized carbons (Fsp3) is 0.389. The number of aromatic nitrogens is 2. The van der Waals surface area contributed by atoms with Gasteiger partial charge in [-0.15, -0.1) is 0 Å². The van der Waals surface area contributed by atoms with Crippen LogP contribution in [0.25, 0.3) is 0 Å². The van der Waals surface area contributed by atoms with E-state index in [0.29, 0.717) is 26.2 Å². The summed E-state index contributed by atoms with van der Waals surface area (Å²) in [6.45, 7) is 1.28. The van der Waals surface area contributed by atoms with Gasteiger partial charge in [0, 0.05) is 25.1 Å². The second-order valence-electron chi connectivity index (χ2n) is 5.77. The Kier molecular flexibility index (Phi) is 5.90. The normalized spacial score (nSPS) is 17.3. The number of para-hydroxylation sites is 1. The van der Waals surface area contributed by atoms with Crippen molar-refractivity contribution < 1.29 is 18.7 Å². The predicted octanol–water partition coefficient (Wildman–Crippen LogP) is 1.85. The molecule has 1 fully saturated rings. The number of carbonyl (C=O) groups is 1. The van der Waals surface area contributed by atoms with E-state index in [2.05, 4.69) is 9.97 Å². The van der Waals surface area contributed by atoms with Crippen molar-refractivity contribution in [1.82, 2.24) is 14.9 Å². The lowest BCUT2D eigenvalue weighted by atomic mass is 10.1. The van der Waals surface area contributed by atoms with Crippen LogP contribution in [0, 0.1) is 5.82 Å². The molecule has 3 rings (SSSR count). The second-order valence-corrected chi connectivity index (χ2v) is 5.77. The lowest BCUT2D eigenvalue weighted by Gasteiger charge is -2.35. The van der Waals surface area contributed by atoms with E-state index in [1.807, 2.05) is 0 Å². The lowest BCUT2D eigenvalue weighted by molar-refractivity contribution is -0.142. The first-order chi connectivity index (χ1) is 12.2. The van der Waals surface area contributed by atoms with Crippen LogP contribution in [0.15, 0.2) is 42.9 Å². The van der Waals surface area contributed by atoms with Crippen molar-refractivity contribution in [3.05, 3.63) is 54.4 Å². The molecule has 132 valence electrons. The van der Waals surface area contributed by atoms with Gasteiger partial charge in [-0.2, -0.15) is 0 Å². The van der Waals surface area contributed by atoms with Gasteiger partial charge >= 0.3 is 0 Å². The van der Waals surface area contributed by atoms with Crippen LogP contribution in [0.4, 0.5) is 4.39 Å². The van der Waals surface area contributed by atoms with Gasteiger partial charge in [-0.05, 0) is 25.0 Å². The number of benzene rings is 1. The van der Waals surface area contributed by atoms with Crippen LogP contribution in [-0.2, 0) is 16.0 Å². The molecule has 1 aliphatic rings. The zero-order valence-electron chi connectivity index (χ0n) is 13.8. The van der Waals surface area contributed by atoms with Gasteiger partial charge in [-0.1, -0.05) is 12.1 Å². The number of rotatable bonds is 6. The summed E-state index contributed by atoms with van der Waals surface area (Å²) in [6.07, 6.45) is 6.43. The molecule has 1 aromatic heterocycles. The summed E-state index contributed by atoms with van der Waals surface area (Å²) in [5.41, 5.74) is 0.878. The first kappa shape index (κ1) is 17.3. The maximum absolute atomic E-state index is 13.6. The Morgan fingerprint density at radius 3 is 3.04 bits per heavy atom. The molecule has 2 heterocycles. The molecule has 6 nitrogen and oxygen atoms in total. The number of aryl methyl sites for hydroxylation is 1. The molecule has 1 atom stereocenters. The molecular weight excluding hydrogens is 325 g/mol. The molecule has 0 saturated carbocycles. The van der Waals surface area contributed by atoms with Crippen molar-refractivity contribution in [1.29, 1.82) is 0 Å². The molecule has 1 unspecified atom stereocenters. The average molecular weight is 345 g/mol. The average Bonchev–Trinajstić information content (AvgIpc) is 2.66. The Labute approximate surface area is 145 Å². The fourth-order valence-corrected chi connectivity index (χ4v) is 2.78. The third kappa shape index (κ3) is 4.73. The highest BCUT2D eigenvalue weighted by Gasteiger charge is 2.27. The Bertz CT molecular complexity index is 699. The van der Waals surface area contributed by atoms with Crippen LogP contribution in [0.1, 0.15) is 12.1 Å². The molecule has 0 spiro atoms. The fourth-order valence-electron chi connectivity index (χ4n) is 2.78. The number of carbonyl (C=O) groups excluding carboxylic acids is 1. The van der Waals surface area contributed by atoms with Gasteiger partial charge in [0.2, 0.25) is 0 Å². The summed E-state index contributed by atoms with van der Waals surface area (Å²) in [7, 11) is 0. The van der Waals surface area contributed by atoms with Crippen LogP contribution in [0.2, 0.25) is 0 Å². The minimum Gasteiger partial charge on any atom is -0.481 e. The maximum Gasteiger partial charge on any atom is 0.260 e. The minimum absolute atomic E-state index is 0.0486. The van der Waals surface area contributed by atoms with Crippen LogP contribution < -0.4 is 4.74 Å². The number of nitrogens with zero attached hydrogens (tertiary/aromatic N) is 3. The van der Waals surface area contributed by atoms with E-state index in [1.54, 1.807) is 35.6 Å². The highest BCUT2D eigenvalue weighted by Crippen LogP contribution is 2.17. The van der Waals surface area contributed by atoms with Gasteiger partial charge in [0.05, 0.1) is 24.9 Å². The highest BCUT2D eigenvalue weighted by atomic mass is 19.1. The summed E-state index contributed by atoms with van der Waals surface area (Å²) in [5.74, 6) is -0.563. The standard InChI is InChI=1S/C18H20FN3O3/c19-16-3-1-2-4-17(16)25-13-18(23)22-9-10-24-12-15(22)6-5-14-11-20-7-8-21-14/h1-4,7-8,11,15H,5-6,9-10,12-13H2. The van der Waals surface area contributed by atoms with Gasteiger partial charge in [0.15, 0.2) is 18.2 Å². The van der Waals surface area contributed by atoms with Crippen LogP contribution in [0.3, 0.4) is 0 Å². The predicted molar refractivity (Wildman–Crippen MR) is 88.6 cm³/mol. The SMILES string of the molecule is O=C(COc1ccccc1F)N1CCOCC1CCc1cnccn1. The van der Waals surface area contributed by atoms with Crippen molar-refractivity contribution >= 4 is 5.91 Å². The molecule has 0 N–H and O–H groups in total. The van der Waals surface area contributed by atoms with Gasteiger partial charge in [-0.3, -0.25) is 14.8 Å². The zero-order valence-corrected chi connectivity index (χ0v) is 13.8. The topological polar surface area (TPSA) is 64.5 Å². The number of ether oxygens (including phenoxy) is 2. The van der Waals surface area contributed by atoms with Crippen molar-refractivity contribution in [2.75, 3.05) is 26.4 Å². The third-order valence-electron chi connectivity index (χ3n) is 4.09. The Balaban J connectivity index is 1.56. The van der Waals surface area contributed by atoms with Gasteiger partial charge in [0.1, 0.15) is 0 Å². The molecule has 0 aliphatic carbocycles. The minimum atomic E-state index is -0.475. The third-order valence-corrected chi connectivity index (χ3v) is 4.09. The molecule has 1 aliphatic heterocycles. The Hall–Kier alpha value is -2.54. The van der Waals surface area contributed by atoms with E-state index in [0.717, 1.165) is 12.1 Å². The molecule has 25 heavy (non-hydrogen) atoms. The summed E-state index contributed by atoms with van der Waals surface area (Å²) in [6, 6.07) is 6.01. The van der Waals surface area contributed by atoms with Crippen LogP contribution in [0.5, 0.6) is 5.75 Å². The number of hydrogen-bond acceptors (Lipinski definition) is 5. The molecule has 1 saturated heterocycles. The number of amides is 1. The smallest absolute Gasteiger partial charge is 0.260 e. The monoisotopic (exact) mass is 345 g/mol. The summed E-state index contributed by atoms with van der Waals surface area (Å²) in [4.78, 5) is 22.5. The number of halogens is 1. The molecular formula is C18H20FN3O3. The van der Waals surface area contributed by atoms with Crippen LogP contribution in [-0.4, -0.2) is 53.2 Å². The van der Waals surface area contributed by atoms with E-state index in [9.17, 15) is 9.18 Å². The molecule has 0 radical (unpaired) electrons. The van der Waals surface area contributed by atoms with Crippen molar-refractivity contribution in [2.24, 2.45) is 0 Å². The lowest BCUT2D eigenvalue weighted by Crippen LogP contribution is -2.50. The number of morpholine rings is 1. The van der Waals surface area contributed by atoms with E-state index in [1.165, 1.54) is 12.1 Å². The maximum atomic E-state index is 13.6. The largest absolute Gasteiger partial charge is 0.481 e. The first-order valence-electron chi connectivity index (χ1n) is 8.23.